The minimum absolute atomic E-state index is 0.00897. The Bertz CT molecular complexity index is 1800. The van der Waals surface area contributed by atoms with Crippen LogP contribution >= 0.6 is 0 Å². The van der Waals surface area contributed by atoms with Crippen molar-refractivity contribution in [2.45, 2.75) is 38.1 Å². The lowest BCUT2D eigenvalue weighted by Crippen LogP contribution is -2.50. The van der Waals surface area contributed by atoms with Crippen molar-refractivity contribution < 1.29 is 19.4 Å². The molecular formula is C40H41N5O4. The van der Waals surface area contributed by atoms with Crippen molar-refractivity contribution in [3.63, 3.8) is 0 Å². The molecule has 1 aromatic heterocycles. The maximum absolute atomic E-state index is 12.7. The molecule has 2 fully saturated rings. The quantitative estimate of drug-likeness (QED) is 0.191. The lowest BCUT2D eigenvalue weighted by Gasteiger charge is -2.40. The van der Waals surface area contributed by atoms with E-state index >= 15 is 0 Å². The first-order valence-electron chi connectivity index (χ1n) is 16.9. The number of aliphatic hydroxyl groups is 1. The molecule has 2 saturated heterocycles. The first-order chi connectivity index (χ1) is 24.1. The molecule has 0 radical (unpaired) electrons. The highest BCUT2D eigenvalue weighted by Crippen LogP contribution is 2.39. The number of hydrogen-bond acceptors (Lipinski definition) is 8. The normalized spacial score (nSPS) is 19.8. The van der Waals surface area contributed by atoms with Crippen molar-refractivity contribution in [3.8, 4) is 11.1 Å². The summed E-state index contributed by atoms with van der Waals surface area (Å²) in [6, 6.07) is 35.6. The second-order valence-electron chi connectivity index (χ2n) is 12.5. The first kappa shape index (κ1) is 32.6. The molecule has 3 heterocycles. The maximum Gasteiger partial charge on any atom is 0.251 e. The van der Waals surface area contributed by atoms with Crippen molar-refractivity contribution in [2.75, 3.05) is 37.6 Å². The minimum Gasteiger partial charge on any atom is -0.392 e. The Labute approximate surface area is 287 Å². The number of nitrogens with zero attached hydrogens (tertiary/aromatic N) is 4. The van der Waals surface area contributed by atoms with E-state index in [1.807, 2.05) is 78.9 Å². The standard InChI is InChI=1S/C40H41N5O4/c46-28-29-11-13-31(14-12-29)37-25-35(27-44-21-23-45(24-22-44)40-41-19-6-20-42-40)48-39(49-37)33-17-15-30(16-18-33)36-10-5-4-9-34(36)26-43-38(47)32-7-2-1-3-8-32/h1-20,35,37,39,46H,21-28H2,(H,43,47)/t35-,37+,39+/m0/s1. The van der Waals surface area contributed by atoms with Gasteiger partial charge in [0.15, 0.2) is 6.29 Å². The first-order valence-corrected chi connectivity index (χ1v) is 16.9. The van der Waals surface area contributed by atoms with Crippen molar-refractivity contribution in [1.29, 1.82) is 0 Å². The van der Waals surface area contributed by atoms with Gasteiger partial charge in [-0.2, -0.15) is 0 Å². The Morgan fingerprint density at radius 3 is 2.20 bits per heavy atom. The molecule has 0 spiro atoms. The number of piperazine rings is 1. The van der Waals surface area contributed by atoms with Gasteiger partial charge in [-0.25, -0.2) is 9.97 Å². The summed E-state index contributed by atoms with van der Waals surface area (Å²) in [5, 5.41) is 12.6. The fraction of sp³-hybridized carbons (Fsp3) is 0.275. The predicted octanol–water partition coefficient (Wildman–Crippen LogP) is 5.93. The molecule has 9 nitrogen and oxygen atoms in total. The molecule has 1 amide bonds. The van der Waals surface area contributed by atoms with Gasteiger partial charge >= 0.3 is 0 Å². The molecule has 4 aromatic carbocycles. The zero-order valence-electron chi connectivity index (χ0n) is 27.4. The summed E-state index contributed by atoms with van der Waals surface area (Å²) in [7, 11) is 0. The Kier molecular flexibility index (Phi) is 10.3. The van der Waals surface area contributed by atoms with E-state index in [4.69, 9.17) is 9.47 Å². The van der Waals surface area contributed by atoms with E-state index in [1.165, 1.54) is 0 Å². The number of carbonyl (C=O) groups excluding carboxylic acids is 1. The fourth-order valence-electron chi connectivity index (χ4n) is 6.55. The molecule has 2 N–H and O–H groups in total. The van der Waals surface area contributed by atoms with E-state index < -0.39 is 6.29 Å². The summed E-state index contributed by atoms with van der Waals surface area (Å²) in [6.07, 6.45) is 3.59. The van der Waals surface area contributed by atoms with Gasteiger partial charge in [0.2, 0.25) is 5.95 Å². The number of carbonyl (C=O) groups is 1. The van der Waals surface area contributed by atoms with E-state index in [9.17, 15) is 9.90 Å². The Morgan fingerprint density at radius 2 is 1.47 bits per heavy atom. The average molecular weight is 656 g/mol. The maximum atomic E-state index is 12.7. The van der Waals surface area contributed by atoms with Crippen LogP contribution in [0.3, 0.4) is 0 Å². The zero-order chi connectivity index (χ0) is 33.4. The molecule has 250 valence electrons. The monoisotopic (exact) mass is 655 g/mol. The van der Waals surface area contributed by atoms with Gasteiger partial charge in [0, 0.05) is 69.2 Å². The third-order valence-corrected chi connectivity index (χ3v) is 9.27. The lowest BCUT2D eigenvalue weighted by molar-refractivity contribution is -0.253. The summed E-state index contributed by atoms with van der Waals surface area (Å²) in [6.45, 7) is 4.76. The van der Waals surface area contributed by atoms with Gasteiger partial charge in [-0.15, -0.1) is 0 Å². The van der Waals surface area contributed by atoms with E-state index in [-0.39, 0.29) is 24.7 Å². The lowest BCUT2D eigenvalue weighted by atomic mass is 9.97. The van der Waals surface area contributed by atoms with Gasteiger partial charge in [-0.3, -0.25) is 9.69 Å². The van der Waals surface area contributed by atoms with Gasteiger partial charge < -0.3 is 24.8 Å². The van der Waals surface area contributed by atoms with Crippen molar-refractivity contribution >= 4 is 11.9 Å². The molecule has 5 aromatic rings. The highest BCUT2D eigenvalue weighted by Gasteiger charge is 2.34. The van der Waals surface area contributed by atoms with Crippen LogP contribution in [0.15, 0.2) is 122 Å². The topological polar surface area (TPSA) is 100 Å². The van der Waals surface area contributed by atoms with Crippen LogP contribution < -0.4 is 10.2 Å². The molecule has 2 aliphatic heterocycles. The third-order valence-electron chi connectivity index (χ3n) is 9.27. The summed E-state index contributed by atoms with van der Waals surface area (Å²) in [4.78, 5) is 26.2. The summed E-state index contributed by atoms with van der Waals surface area (Å²) in [5.74, 6) is 0.679. The Hall–Kier alpha value is -4.93. The molecule has 2 aliphatic rings. The Balaban J connectivity index is 1.05. The molecule has 0 unspecified atom stereocenters. The van der Waals surface area contributed by atoms with Gasteiger partial charge in [-0.05, 0) is 46.0 Å². The van der Waals surface area contributed by atoms with E-state index in [1.54, 1.807) is 12.4 Å². The molecule has 3 atom stereocenters. The number of nitrogens with one attached hydrogen (secondary N) is 1. The average Bonchev–Trinajstić information content (AvgIpc) is 3.18. The second-order valence-corrected chi connectivity index (χ2v) is 12.5. The van der Waals surface area contributed by atoms with Crippen molar-refractivity contribution in [1.82, 2.24) is 20.2 Å². The van der Waals surface area contributed by atoms with Crippen LogP contribution in [0.4, 0.5) is 5.95 Å². The highest BCUT2D eigenvalue weighted by molar-refractivity contribution is 5.94. The largest absolute Gasteiger partial charge is 0.392 e. The number of aliphatic hydroxyl groups excluding tert-OH is 1. The molecule has 0 aliphatic carbocycles. The second kappa shape index (κ2) is 15.5. The minimum atomic E-state index is -0.533. The predicted molar refractivity (Wildman–Crippen MR) is 189 cm³/mol. The smallest absolute Gasteiger partial charge is 0.251 e. The highest BCUT2D eigenvalue weighted by atomic mass is 16.7. The number of anilines is 1. The Morgan fingerprint density at radius 1 is 0.776 bits per heavy atom. The molecule has 7 rings (SSSR count). The molecule has 49 heavy (non-hydrogen) atoms. The van der Waals surface area contributed by atoms with Crippen molar-refractivity contribution in [3.05, 3.63) is 149 Å². The molecular weight excluding hydrogens is 614 g/mol. The van der Waals surface area contributed by atoms with Crippen LogP contribution in [0.2, 0.25) is 0 Å². The summed E-state index contributed by atoms with van der Waals surface area (Å²) < 4.78 is 13.3. The van der Waals surface area contributed by atoms with E-state index in [2.05, 4.69) is 55.4 Å². The van der Waals surface area contributed by atoms with Crippen LogP contribution in [0.5, 0.6) is 0 Å². The molecule has 9 heteroatoms. The zero-order valence-corrected chi connectivity index (χ0v) is 27.4. The van der Waals surface area contributed by atoms with Gasteiger partial charge in [-0.1, -0.05) is 91.0 Å². The number of hydrogen-bond donors (Lipinski definition) is 2. The van der Waals surface area contributed by atoms with Crippen molar-refractivity contribution in [2.24, 2.45) is 0 Å². The fourth-order valence-corrected chi connectivity index (χ4v) is 6.55. The molecule has 0 bridgehead atoms. The van der Waals surface area contributed by atoms with Gasteiger partial charge in [0.05, 0.1) is 18.8 Å². The van der Waals surface area contributed by atoms with Crippen LogP contribution in [-0.2, 0) is 22.6 Å². The molecule has 0 saturated carbocycles. The number of benzene rings is 4. The summed E-state index contributed by atoms with van der Waals surface area (Å²) >= 11 is 0. The van der Waals surface area contributed by atoms with Crippen LogP contribution in [0, 0.1) is 0 Å². The van der Waals surface area contributed by atoms with E-state index in [0.29, 0.717) is 12.1 Å². The third kappa shape index (κ3) is 8.04. The van der Waals surface area contributed by atoms with E-state index in [0.717, 1.165) is 78.5 Å². The van der Waals surface area contributed by atoms with Crippen LogP contribution in [0.25, 0.3) is 11.1 Å². The van der Waals surface area contributed by atoms with Crippen LogP contribution in [-0.4, -0.2) is 64.7 Å². The SMILES string of the molecule is O=C(NCc1ccccc1-c1ccc([C@@H]2O[C@H](CN3CCN(c4ncccn4)CC3)C[C@H](c3ccc(CO)cc3)O2)cc1)c1ccccc1. The number of ether oxygens (including phenoxy) is 2. The number of amides is 1. The van der Waals surface area contributed by atoms with Crippen LogP contribution in [0.1, 0.15) is 51.4 Å². The number of aromatic nitrogens is 2. The van der Waals surface area contributed by atoms with Gasteiger partial charge in [0.1, 0.15) is 0 Å². The van der Waals surface area contributed by atoms with Gasteiger partial charge in [0.25, 0.3) is 5.91 Å². The number of rotatable bonds is 10. The summed E-state index contributed by atoms with van der Waals surface area (Å²) in [5.41, 5.74) is 6.69.